The normalized spacial score (nSPS) is 24.9. The first-order valence-corrected chi connectivity index (χ1v) is 4.28. The third-order valence-corrected chi connectivity index (χ3v) is 2.36. The summed E-state index contributed by atoms with van der Waals surface area (Å²) in [7, 11) is 0. The van der Waals surface area contributed by atoms with Crippen molar-refractivity contribution in [3.05, 3.63) is 24.3 Å². The first kappa shape index (κ1) is 7.03. The van der Waals surface area contributed by atoms with Crippen molar-refractivity contribution in [1.82, 2.24) is 9.55 Å². The van der Waals surface area contributed by atoms with Gasteiger partial charge in [0.2, 0.25) is 0 Å². The number of fused-ring (bicyclic) bond motifs is 2. The number of imidazole rings is 1. The Morgan fingerprint density at radius 3 is 3.54 bits per heavy atom. The highest BCUT2D eigenvalue weighted by Gasteiger charge is 2.22. The first-order valence-electron chi connectivity index (χ1n) is 4.28. The van der Waals surface area contributed by atoms with Gasteiger partial charge in [0.05, 0.1) is 5.71 Å². The second-order valence-electron chi connectivity index (χ2n) is 3.13. The smallest absolute Gasteiger partial charge is 0.138 e. The van der Waals surface area contributed by atoms with E-state index in [-0.39, 0.29) is 6.10 Å². The van der Waals surface area contributed by atoms with E-state index in [0.717, 1.165) is 18.0 Å². The van der Waals surface area contributed by atoms with Crippen molar-refractivity contribution in [2.75, 3.05) is 6.73 Å². The largest absolute Gasteiger partial charge is 0.346 e. The van der Waals surface area contributed by atoms with E-state index in [2.05, 4.69) is 9.98 Å². The van der Waals surface area contributed by atoms with Crippen LogP contribution in [-0.4, -0.2) is 28.1 Å². The van der Waals surface area contributed by atoms with Gasteiger partial charge in [0.1, 0.15) is 18.7 Å². The van der Waals surface area contributed by atoms with Crippen LogP contribution in [0, 0.1) is 0 Å². The molecule has 0 fully saturated rings. The van der Waals surface area contributed by atoms with Crippen molar-refractivity contribution in [2.24, 2.45) is 4.99 Å². The van der Waals surface area contributed by atoms with E-state index in [0.29, 0.717) is 6.73 Å². The Bertz CT molecular complexity index is 391. The molecule has 0 saturated carbocycles. The summed E-state index contributed by atoms with van der Waals surface area (Å²) in [5.41, 5.74) is 1.08. The number of nitrogens with zero attached hydrogens (tertiary/aromatic N) is 3. The van der Waals surface area contributed by atoms with Gasteiger partial charge in [0, 0.05) is 25.0 Å². The van der Waals surface area contributed by atoms with E-state index >= 15 is 0 Å². The highest BCUT2D eigenvalue weighted by Crippen LogP contribution is 2.15. The lowest BCUT2D eigenvalue weighted by Gasteiger charge is -2.02. The van der Waals surface area contributed by atoms with E-state index in [9.17, 15) is 0 Å². The standard InChI is InChI=1S/C9H9N3O/c1-3-12-4-2-10-9(12)5-7-8(1)13-6-11-7/h1-4,8H,5-6H2. The predicted molar refractivity (Wildman–Crippen MR) is 48.4 cm³/mol. The molecule has 0 spiro atoms. The maximum atomic E-state index is 5.41. The minimum atomic E-state index is 0.0710. The molecular formula is C9H9N3O. The Morgan fingerprint density at radius 1 is 1.54 bits per heavy atom. The van der Waals surface area contributed by atoms with Crippen molar-refractivity contribution in [2.45, 2.75) is 12.5 Å². The van der Waals surface area contributed by atoms with E-state index in [1.54, 1.807) is 6.20 Å². The van der Waals surface area contributed by atoms with Crippen LogP contribution in [0.1, 0.15) is 5.82 Å². The zero-order valence-electron chi connectivity index (χ0n) is 7.05. The molecule has 3 rings (SSSR count). The molecule has 66 valence electrons. The van der Waals surface area contributed by atoms with Crippen LogP contribution in [0.25, 0.3) is 6.20 Å². The fraction of sp³-hybridized carbons (Fsp3) is 0.333. The van der Waals surface area contributed by atoms with E-state index in [1.807, 2.05) is 23.0 Å². The van der Waals surface area contributed by atoms with Gasteiger partial charge in [0.25, 0.3) is 0 Å². The molecule has 0 radical (unpaired) electrons. The summed E-state index contributed by atoms with van der Waals surface area (Å²) in [6.45, 7) is 0.491. The summed E-state index contributed by atoms with van der Waals surface area (Å²) < 4.78 is 7.41. The molecular weight excluding hydrogens is 166 g/mol. The van der Waals surface area contributed by atoms with E-state index in [4.69, 9.17) is 4.74 Å². The molecule has 4 heteroatoms. The fourth-order valence-electron chi connectivity index (χ4n) is 1.66. The monoisotopic (exact) mass is 175 g/mol. The Hall–Kier alpha value is -1.42. The SMILES string of the molecule is C1=Cn2ccnc2CC2=NCOC12. The van der Waals surface area contributed by atoms with E-state index in [1.165, 1.54) is 0 Å². The van der Waals surface area contributed by atoms with Gasteiger partial charge < -0.3 is 9.30 Å². The second-order valence-corrected chi connectivity index (χ2v) is 3.13. The minimum absolute atomic E-state index is 0.0710. The maximum absolute atomic E-state index is 5.41. The molecule has 0 amide bonds. The van der Waals surface area contributed by atoms with Gasteiger partial charge in [-0.3, -0.25) is 4.99 Å². The molecule has 4 nitrogen and oxygen atoms in total. The summed E-state index contributed by atoms with van der Waals surface area (Å²) in [6.07, 6.45) is 8.61. The molecule has 0 aliphatic carbocycles. The number of rotatable bonds is 0. The lowest BCUT2D eigenvalue weighted by atomic mass is 10.1. The van der Waals surface area contributed by atoms with Crippen molar-refractivity contribution >= 4 is 11.9 Å². The third-order valence-electron chi connectivity index (χ3n) is 2.36. The number of aliphatic imine (C=N–C) groups is 1. The topological polar surface area (TPSA) is 39.4 Å². The van der Waals surface area contributed by atoms with Crippen LogP contribution < -0.4 is 0 Å². The quantitative estimate of drug-likeness (QED) is 0.582. The van der Waals surface area contributed by atoms with Crippen LogP contribution in [0.15, 0.2) is 23.5 Å². The molecule has 1 atom stereocenters. The second kappa shape index (κ2) is 2.53. The first-order chi connectivity index (χ1) is 6.43. The average molecular weight is 175 g/mol. The average Bonchev–Trinajstić information content (AvgIpc) is 2.72. The molecule has 0 N–H and O–H groups in total. The Morgan fingerprint density at radius 2 is 2.54 bits per heavy atom. The highest BCUT2D eigenvalue weighted by atomic mass is 16.5. The Labute approximate surface area is 75.6 Å². The van der Waals surface area contributed by atoms with Crippen LogP contribution in [0.4, 0.5) is 0 Å². The van der Waals surface area contributed by atoms with Crippen LogP contribution in [-0.2, 0) is 11.2 Å². The minimum Gasteiger partial charge on any atom is -0.346 e. The van der Waals surface area contributed by atoms with Crippen LogP contribution in [0.3, 0.4) is 0 Å². The number of hydrogen-bond acceptors (Lipinski definition) is 3. The van der Waals surface area contributed by atoms with Gasteiger partial charge >= 0.3 is 0 Å². The lowest BCUT2D eigenvalue weighted by molar-refractivity contribution is 0.156. The summed E-state index contributed by atoms with van der Waals surface area (Å²) in [4.78, 5) is 8.54. The summed E-state index contributed by atoms with van der Waals surface area (Å²) in [5.74, 6) is 1.03. The molecule has 1 unspecified atom stereocenters. The molecule has 1 aromatic heterocycles. The maximum Gasteiger partial charge on any atom is 0.138 e. The third kappa shape index (κ3) is 1.02. The van der Waals surface area contributed by atoms with Crippen LogP contribution >= 0.6 is 0 Å². The summed E-state index contributed by atoms with van der Waals surface area (Å²) in [5, 5.41) is 0. The molecule has 0 saturated heterocycles. The fourth-order valence-corrected chi connectivity index (χ4v) is 1.66. The summed E-state index contributed by atoms with van der Waals surface area (Å²) in [6, 6.07) is 0. The number of hydrogen-bond donors (Lipinski definition) is 0. The molecule has 2 aliphatic rings. The van der Waals surface area contributed by atoms with Crippen molar-refractivity contribution in [3.63, 3.8) is 0 Å². The van der Waals surface area contributed by atoms with Crippen molar-refractivity contribution in [1.29, 1.82) is 0 Å². The molecule has 3 heterocycles. The molecule has 1 aromatic rings. The molecule has 0 bridgehead atoms. The van der Waals surface area contributed by atoms with Crippen LogP contribution in [0.2, 0.25) is 0 Å². The van der Waals surface area contributed by atoms with Gasteiger partial charge in [0.15, 0.2) is 0 Å². The lowest BCUT2D eigenvalue weighted by Crippen LogP contribution is -2.17. The summed E-state index contributed by atoms with van der Waals surface area (Å²) >= 11 is 0. The van der Waals surface area contributed by atoms with Crippen molar-refractivity contribution in [3.8, 4) is 0 Å². The predicted octanol–water partition coefficient (Wildman–Crippen LogP) is 0.707. The number of aromatic nitrogens is 2. The highest BCUT2D eigenvalue weighted by molar-refractivity contribution is 5.93. The Balaban J connectivity index is 2.07. The van der Waals surface area contributed by atoms with Crippen LogP contribution in [0.5, 0.6) is 0 Å². The van der Waals surface area contributed by atoms with E-state index < -0.39 is 0 Å². The zero-order chi connectivity index (χ0) is 8.67. The molecule has 13 heavy (non-hydrogen) atoms. The van der Waals surface area contributed by atoms with Gasteiger partial charge in [-0.1, -0.05) is 0 Å². The molecule has 2 aliphatic heterocycles. The van der Waals surface area contributed by atoms with Gasteiger partial charge in [-0.05, 0) is 6.08 Å². The number of ether oxygens (including phenoxy) is 1. The zero-order valence-corrected chi connectivity index (χ0v) is 7.05. The van der Waals surface area contributed by atoms with Gasteiger partial charge in [-0.2, -0.15) is 0 Å². The Kier molecular flexibility index (Phi) is 1.37. The van der Waals surface area contributed by atoms with Crippen molar-refractivity contribution < 1.29 is 4.74 Å². The molecule has 0 aromatic carbocycles. The van der Waals surface area contributed by atoms with Gasteiger partial charge in [-0.25, -0.2) is 4.98 Å². The van der Waals surface area contributed by atoms with Gasteiger partial charge in [-0.15, -0.1) is 0 Å².